The third-order valence-corrected chi connectivity index (χ3v) is 3.31. The van der Waals surface area contributed by atoms with Crippen LogP contribution in [0.1, 0.15) is 38.4 Å². The van der Waals surface area contributed by atoms with Gasteiger partial charge in [0, 0.05) is 18.2 Å². The minimum atomic E-state index is -0.626. The fourth-order valence-electron chi connectivity index (χ4n) is 2.44. The molecule has 16 heavy (non-hydrogen) atoms. The minimum Gasteiger partial charge on any atom is -0.389 e. The Hall–Kier alpha value is -1.09. The highest BCUT2D eigenvalue weighted by atomic mass is 19.1. The monoisotopic (exact) mass is 223 g/mol. The third kappa shape index (κ3) is 1.92. The summed E-state index contributed by atoms with van der Waals surface area (Å²) in [6.45, 7) is 4.66. The number of nitrogens with zero attached hydrogens (tertiary/aromatic N) is 1. The van der Waals surface area contributed by atoms with E-state index in [4.69, 9.17) is 0 Å². The van der Waals surface area contributed by atoms with E-state index in [2.05, 4.69) is 11.8 Å². The fourth-order valence-corrected chi connectivity index (χ4v) is 2.44. The molecule has 3 heteroatoms. The normalized spacial score (nSPS) is 22.5. The molecule has 0 aromatic heterocycles. The van der Waals surface area contributed by atoms with E-state index in [0.29, 0.717) is 17.3 Å². The van der Waals surface area contributed by atoms with Gasteiger partial charge in [0.1, 0.15) is 5.82 Å². The van der Waals surface area contributed by atoms with E-state index in [1.165, 1.54) is 6.07 Å². The predicted molar refractivity (Wildman–Crippen MR) is 63.1 cm³/mol. The Morgan fingerprint density at radius 1 is 1.50 bits per heavy atom. The molecular weight excluding hydrogens is 205 g/mol. The van der Waals surface area contributed by atoms with E-state index in [0.717, 1.165) is 19.4 Å². The molecule has 1 aromatic rings. The van der Waals surface area contributed by atoms with E-state index in [-0.39, 0.29) is 5.82 Å². The molecule has 2 nitrogen and oxygen atoms in total. The molecule has 0 amide bonds. The lowest BCUT2D eigenvalue weighted by Gasteiger charge is -2.27. The van der Waals surface area contributed by atoms with E-state index < -0.39 is 6.10 Å². The fraction of sp³-hybridized carbons (Fsp3) is 0.538. The molecule has 1 aromatic carbocycles. The van der Waals surface area contributed by atoms with Crippen molar-refractivity contribution in [3.8, 4) is 0 Å². The number of para-hydroxylation sites is 1. The summed E-state index contributed by atoms with van der Waals surface area (Å²) in [6.07, 6.45) is 1.56. The van der Waals surface area contributed by atoms with Crippen molar-refractivity contribution in [2.24, 2.45) is 0 Å². The Morgan fingerprint density at radius 3 is 2.81 bits per heavy atom. The van der Waals surface area contributed by atoms with E-state index in [9.17, 15) is 9.50 Å². The van der Waals surface area contributed by atoms with Crippen molar-refractivity contribution in [3.05, 3.63) is 29.6 Å². The molecule has 0 spiro atoms. The second kappa shape index (κ2) is 4.42. The summed E-state index contributed by atoms with van der Waals surface area (Å²) >= 11 is 0. The first kappa shape index (κ1) is 11.4. The summed E-state index contributed by atoms with van der Waals surface area (Å²) in [5.74, 6) is -0.229. The number of aliphatic hydroxyl groups is 1. The van der Waals surface area contributed by atoms with Gasteiger partial charge in [-0.3, -0.25) is 0 Å². The van der Waals surface area contributed by atoms with Crippen molar-refractivity contribution >= 4 is 5.69 Å². The predicted octanol–water partition coefficient (Wildman–Crippen LogP) is 2.87. The number of benzene rings is 1. The molecule has 1 saturated heterocycles. The second-order valence-electron chi connectivity index (χ2n) is 4.54. The average Bonchev–Trinajstić information content (AvgIpc) is 2.64. The van der Waals surface area contributed by atoms with Gasteiger partial charge >= 0.3 is 0 Å². The number of anilines is 1. The molecule has 2 rings (SSSR count). The maximum absolute atomic E-state index is 13.9. The zero-order valence-corrected chi connectivity index (χ0v) is 9.78. The zero-order valence-electron chi connectivity index (χ0n) is 9.78. The third-order valence-electron chi connectivity index (χ3n) is 3.31. The summed E-state index contributed by atoms with van der Waals surface area (Å²) in [7, 11) is 0. The van der Waals surface area contributed by atoms with Crippen LogP contribution in [0.3, 0.4) is 0 Å². The molecule has 0 saturated carbocycles. The zero-order chi connectivity index (χ0) is 11.7. The average molecular weight is 223 g/mol. The topological polar surface area (TPSA) is 23.5 Å². The number of hydrogen-bond donors (Lipinski definition) is 1. The van der Waals surface area contributed by atoms with Gasteiger partial charge in [0.15, 0.2) is 0 Å². The van der Waals surface area contributed by atoms with Crippen molar-refractivity contribution in [2.75, 3.05) is 11.4 Å². The van der Waals surface area contributed by atoms with Crippen molar-refractivity contribution in [1.82, 2.24) is 0 Å². The molecule has 1 fully saturated rings. The number of hydrogen-bond acceptors (Lipinski definition) is 2. The van der Waals surface area contributed by atoms with Crippen LogP contribution < -0.4 is 4.90 Å². The van der Waals surface area contributed by atoms with Crippen molar-refractivity contribution in [3.63, 3.8) is 0 Å². The van der Waals surface area contributed by atoms with E-state index in [1.54, 1.807) is 19.1 Å². The molecule has 0 bridgehead atoms. The number of aliphatic hydroxyl groups excluding tert-OH is 1. The lowest BCUT2D eigenvalue weighted by Crippen LogP contribution is -2.28. The van der Waals surface area contributed by atoms with Crippen molar-refractivity contribution < 1.29 is 9.50 Å². The summed E-state index contributed by atoms with van der Waals surface area (Å²) in [4.78, 5) is 2.07. The van der Waals surface area contributed by atoms with Crippen LogP contribution in [0.25, 0.3) is 0 Å². The maximum atomic E-state index is 13.9. The van der Waals surface area contributed by atoms with Gasteiger partial charge in [-0.2, -0.15) is 0 Å². The molecule has 88 valence electrons. The molecular formula is C13H18FNO. The quantitative estimate of drug-likeness (QED) is 0.833. The molecule has 1 heterocycles. The first-order valence-corrected chi connectivity index (χ1v) is 5.84. The Bertz CT molecular complexity index is 378. The second-order valence-corrected chi connectivity index (χ2v) is 4.54. The van der Waals surface area contributed by atoms with Crippen LogP contribution in [0.2, 0.25) is 0 Å². The van der Waals surface area contributed by atoms with Gasteiger partial charge < -0.3 is 10.0 Å². The Kier molecular flexibility index (Phi) is 3.15. The van der Waals surface area contributed by atoms with Crippen molar-refractivity contribution in [1.29, 1.82) is 0 Å². The molecule has 1 unspecified atom stereocenters. The Labute approximate surface area is 95.7 Å². The Balaban J connectivity index is 2.45. The first-order valence-electron chi connectivity index (χ1n) is 5.84. The summed E-state index contributed by atoms with van der Waals surface area (Å²) in [5, 5.41) is 9.68. The molecule has 1 aliphatic rings. The van der Waals surface area contributed by atoms with Crippen LogP contribution in [0.15, 0.2) is 18.2 Å². The van der Waals surface area contributed by atoms with Gasteiger partial charge in [-0.05, 0) is 32.8 Å². The Morgan fingerprint density at radius 2 is 2.25 bits per heavy atom. The van der Waals surface area contributed by atoms with Crippen LogP contribution in [0, 0.1) is 5.82 Å². The largest absolute Gasteiger partial charge is 0.389 e. The van der Waals surface area contributed by atoms with Gasteiger partial charge in [0.05, 0.1) is 11.8 Å². The van der Waals surface area contributed by atoms with Gasteiger partial charge in [-0.25, -0.2) is 4.39 Å². The van der Waals surface area contributed by atoms with Gasteiger partial charge in [-0.1, -0.05) is 12.1 Å². The van der Waals surface area contributed by atoms with Crippen LogP contribution in [0.5, 0.6) is 0 Å². The van der Waals surface area contributed by atoms with Gasteiger partial charge in [0.2, 0.25) is 0 Å². The van der Waals surface area contributed by atoms with Crippen LogP contribution in [-0.2, 0) is 0 Å². The van der Waals surface area contributed by atoms with Gasteiger partial charge in [0.25, 0.3) is 0 Å². The summed E-state index contributed by atoms with van der Waals surface area (Å²) < 4.78 is 13.9. The summed E-state index contributed by atoms with van der Waals surface area (Å²) in [5.41, 5.74) is 1.27. The maximum Gasteiger partial charge on any atom is 0.146 e. The highest BCUT2D eigenvalue weighted by Crippen LogP contribution is 2.34. The van der Waals surface area contributed by atoms with E-state index in [1.807, 2.05) is 0 Å². The molecule has 0 radical (unpaired) electrons. The minimum absolute atomic E-state index is 0.229. The van der Waals surface area contributed by atoms with Crippen LogP contribution in [0.4, 0.5) is 10.1 Å². The molecule has 1 aliphatic heterocycles. The number of halogens is 1. The highest BCUT2D eigenvalue weighted by molar-refractivity contribution is 5.57. The van der Waals surface area contributed by atoms with Crippen LogP contribution >= 0.6 is 0 Å². The summed E-state index contributed by atoms with van der Waals surface area (Å²) in [6, 6.07) is 5.27. The smallest absolute Gasteiger partial charge is 0.146 e. The first-order chi connectivity index (χ1) is 7.61. The van der Waals surface area contributed by atoms with Crippen LogP contribution in [-0.4, -0.2) is 17.7 Å². The lowest BCUT2D eigenvalue weighted by atomic mass is 10.1. The van der Waals surface area contributed by atoms with Gasteiger partial charge in [-0.15, -0.1) is 0 Å². The molecule has 2 atom stereocenters. The van der Waals surface area contributed by atoms with Crippen molar-refractivity contribution in [2.45, 2.75) is 38.8 Å². The highest BCUT2D eigenvalue weighted by Gasteiger charge is 2.26. The van der Waals surface area contributed by atoms with E-state index >= 15 is 0 Å². The SMILES string of the molecule is CC1CCCN1c1c(F)cccc1[C@@H](C)O. The molecule has 0 aliphatic carbocycles. The number of rotatable bonds is 2. The standard InChI is InChI=1S/C13H18FNO/c1-9-5-4-8-15(9)13-11(10(2)16)6-3-7-12(13)14/h3,6-7,9-10,16H,4-5,8H2,1-2H3/t9?,10-/m1/s1. The lowest BCUT2D eigenvalue weighted by molar-refractivity contribution is 0.199. The molecule has 1 N–H and O–H groups in total.